The molecule has 1 fully saturated rings. The summed E-state index contributed by atoms with van der Waals surface area (Å²) in [5, 5.41) is 2.98. The third-order valence-electron chi connectivity index (χ3n) is 4.75. The number of hydrogen-bond acceptors (Lipinski definition) is 4. The molecule has 0 unspecified atom stereocenters. The molecule has 142 valence electrons. The Kier molecular flexibility index (Phi) is 4.77. The van der Waals surface area contributed by atoms with Crippen molar-refractivity contribution in [1.82, 2.24) is 14.9 Å². The Morgan fingerprint density at radius 2 is 1.96 bits per heavy atom. The van der Waals surface area contributed by atoms with Crippen LogP contribution in [0, 0.1) is 6.92 Å². The summed E-state index contributed by atoms with van der Waals surface area (Å²) in [7, 11) is 0. The molecule has 0 radical (unpaired) electrons. The smallest absolute Gasteiger partial charge is 0.251 e. The van der Waals surface area contributed by atoms with Crippen LogP contribution in [0.15, 0.2) is 53.3 Å². The Morgan fingerprint density at radius 1 is 1.18 bits per heavy atom. The van der Waals surface area contributed by atoms with Crippen molar-refractivity contribution in [3.05, 3.63) is 75.6 Å². The SMILES string of the molecule is Cc1ccc(C(=O)NC2CC2)cc1-n1cnc(C(=O)c2cccc(Br)c2)c1N. The minimum Gasteiger partial charge on any atom is -0.383 e. The number of amides is 1. The molecule has 3 N–H and O–H groups in total. The number of rotatable bonds is 5. The summed E-state index contributed by atoms with van der Waals surface area (Å²) in [6.07, 6.45) is 3.57. The van der Waals surface area contributed by atoms with Gasteiger partial charge in [-0.1, -0.05) is 34.1 Å². The summed E-state index contributed by atoms with van der Waals surface area (Å²) < 4.78 is 2.45. The van der Waals surface area contributed by atoms with Crippen molar-refractivity contribution >= 4 is 33.4 Å². The van der Waals surface area contributed by atoms with Crippen molar-refractivity contribution in [1.29, 1.82) is 0 Å². The third-order valence-corrected chi connectivity index (χ3v) is 5.24. The second-order valence-electron chi connectivity index (χ2n) is 6.94. The van der Waals surface area contributed by atoms with Crippen molar-refractivity contribution in [3.63, 3.8) is 0 Å². The van der Waals surface area contributed by atoms with Gasteiger partial charge in [-0.05, 0) is 49.6 Å². The van der Waals surface area contributed by atoms with Crippen LogP contribution >= 0.6 is 15.9 Å². The number of aryl methyl sites for hydroxylation is 1. The van der Waals surface area contributed by atoms with Crippen LogP contribution in [0.3, 0.4) is 0 Å². The highest BCUT2D eigenvalue weighted by molar-refractivity contribution is 9.10. The van der Waals surface area contributed by atoms with Gasteiger partial charge in [-0.15, -0.1) is 0 Å². The molecular weight excluding hydrogens is 420 g/mol. The van der Waals surface area contributed by atoms with Crippen LogP contribution in [-0.4, -0.2) is 27.3 Å². The lowest BCUT2D eigenvalue weighted by Crippen LogP contribution is -2.25. The molecule has 3 aromatic rings. The minimum absolute atomic E-state index is 0.104. The molecule has 0 bridgehead atoms. The van der Waals surface area contributed by atoms with Gasteiger partial charge in [0, 0.05) is 21.6 Å². The van der Waals surface area contributed by atoms with E-state index in [1.54, 1.807) is 34.9 Å². The van der Waals surface area contributed by atoms with Crippen molar-refractivity contribution < 1.29 is 9.59 Å². The van der Waals surface area contributed by atoms with Crippen LogP contribution in [0.5, 0.6) is 0 Å². The second-order valence-corrected chi connectivity index (χ2v) is 7.85. The van der Waals surface area contributed by atoms with Crippen LogP contribution in [0.25, 0.3) is 5.69 Å². The van der Waals surface area contributed by atoms with Gasteiger partial charge in [0.05, 0.1) is 5.69 Å². The first-order valence-electron chi connectivity index (χ1n) is 8.99. The average molecular weight is 439 g/mol. The Bertz CT molecular complexity index is 1090. The number of ketones is 1. The number of imidazole rings is 1. The Balaban J connectivity index is 1.68. The second kappa shape index (κ2) is 7.24. The molecule has 0 spiro atoms. The fourth-order valence-electron chi connectivity index (χ4n) is 3.00. The zero-order valence-electron chi connectivity index (χ0n) is 15.3. The standard InChI is InChI=1S/C21H19BrN4O2/c1-12-5-6-14(21(28)25-16-7-8-16)10-17(12)26-11-24-18(20(26)23)19(27)13-3-2-4-15(22)9-13/h2-6,9-11,16H,7-8,23H2,1H3,(H,25,28). The van der Waals surface area contributed by atoms with E-state index < -0.39 is 0 Å². The zero-order chi connectivity index (χ0) is 19.8. The maximum atomic E-state index is 12.8. The number of nitrogen functional groups attached to an aromatic ring is 1. The summed E-state index contributed by atoms with van der Waals surface area (Å²) in [4.78, 5) is 29.4. The van der Waals surface area contributed by atoms with Crippen LogP contribution in [0.2, 0.25) is 0 Å². The molecule has 2 aromatic carbocycles. The van der Waals surface area contributed by atoms with E-state index in [1.807, 2.05) is 19.1 Å². The van der Waals surface area contributed by atoms with E-state index in [2.05, 4.69) is 26.2 Å². The summed E-state index contributed by atoms with van der Waals surface area (Å²) in [6.45, 7) is 1.92. The normalized spacial score (nSPS) is 13.4. The van der Waals surface area contributed by atoms with Gasteiger partial charge in [0.1, 0.15) is 12.1 Å². The number of carbonyl (C=O) groups is 2. The lowest BCUT2D eigenvalue weighted by atomic mass is 10.1. The number of hydrogen-bond donors (Lipinski definition) is 2. The minimum atomic E-state index is -0.252. The highest BCUT2D eigenvalue weighted by Gasteiger charge is 2.24. The molecule has 1 amide bonds. The number of aromatic nitrogens is 2. The lowest BCUT2D eigenvalue weighted by molar-refractivity contribution is 0.0950. The number of benzene rings is 2. The monoisotopic (exact) mass is 438 g/mol. The first-order chi connectivity index (χ1) is 13.4. The molecule has 1 aromatic heterocycles. The number of nitrogens with zero attached hydrogens (tertiary/aromatic N) is 2. The number of carbonyl (C=O) groups excluding carboxylic acids is 2. The number of anilines is 1. The van der Waals surface area contributed by atoms with E-state index in [0.717, 1.165) is 28.6 Å². The topological polar surface area (TPSA) is 90.0 Å². The highest BCUT2D eigenvalue weighted by Crippen LogP contribution is 2.25. The molecular formula is C21H19BrN4O2. The van der Waals surface area contributed by atoms with Gasteiger partial charge < -0.3 is 11.1 Å². The average Bonchev–Trinajstić information content (AvgIpc) is 3.41. The van der Waals surface area contributed by atoms with E-state index in [-0.39, 0.29) is 29.2 Å². The van der Waals surface area contributed by atoms with Gasteiger partial charge in [0.15, 0.2) is 5.69 Å². The van der Waals surface area contributed by atoms with Gasteiger partial charge in [0.25, 0.3) is 5.91 Å². The molecule has 1 aliphatic carbocycles. The largest absolute Gasteiger partial charge is 0.383 e. The Labute approximate surface area is 170 Å². The Morgan fingerprint density at radius 3 is 2.68 bits per heavy atom. The van der Waals surface area contributed by atoms with Crippen LogP contribution in [-0.2, 0) is 0 Å². The van der Waals surface area contributed by atoms with E-state index in [1.165, 1.54) is 6.33 Å². The van der Waals surface area contributed by atoms with E-state index in [0.29, 0.717) is 11.1 Å². The molecule has 7 heteroatoms. The predicted octanol–water partition coefficient (Wildman–Crippen LogP) is 3.65. The van der Waals surface area contributed by atoms with Crippen molar-refractivity contribution in [3.8, 4) is 5.69 Å². The fraction of sp³-hybridized carbons (Fsp3) is 0.190. The zero-order valence-corrected chi connectivity index (χ0v) is 16.9. The Hall–Kier alpha value is -2.93. The third kappa shape index (κ3) is 3.57. The highest BCUT2D eigenvalue weighted by atomic mass is 79.9. The molecule has 0 aliphatic heterocycles. The molecule has 4 rings (SSSR count). The predicted molar refractivity (Wildman–Crippen MR) is 111 cm³/mol. The van der Waals surface area contributed by atoms with Gasteiger partial charge in [-0.2, -0.15) is 0 Å². The lowest BCUT2D eigenvalue weighted by Gasteiger charge is -2.12. The molecule has 1 heterocycles. The van der Waals surface area contributed by atoms with Crippen molar-refractivity contribution in [2.75, 3.05) is 5.73 Å². The van der Waals surface area contributed by atoms with Crippen LogP contribution in [0.1, 0.15) is 44.8 Å². The molecule has 1 aliphatic rings. The van der Waals surface area contributed by atoms with Crippen LogP contribution in [0.4, 0.5) is 5.82 Å². The molecule has 6 nitrogen and oxygen atoms in total. The molecule has 0 atom stereocenters. The van der Waals surface area contributed by atoms with Gasteiger partial charge in [0.2, 0.25) is 5.78 Å². The van der Waals surface area contributed by atoms with Crippen molar-refractivity contribution in [2.45, 2.75) is 25.8 Å². The molecule has 28 heavy (non-hydrogen) atoms. The number of nitrogens with one attached hydrogen (secondary N) is 1. The summed E-state index contributed by atoms with van der Waals surface area (Å²) in [5.74, 6) is -0.112. The molecule has 0 saturated heterocycles. The van der Waals surface area contributed by atoms with Gasteiger partial charge >= 0.3 is 0 Å². The van der Waals surface area contributed by atoms with E-state index >= 15 is 0 Å². The molecule has 1 saturated carbocycles. The van der Waals surface area contributed by atoms with Crippen molar-refractivity contribution in [2.24, 2.45) is 0 Å². The van der Waals surface area contributed by atoms with Gasteiger partial charge in [-0.3, -0.25) is 14.2 Å². The number of nitrogens with two attached hydrogens (primary N) is 1. The number of halogens is 1. The van der Waals surface area contributed by atoms with Gasteiger partial charge in [-0.25, -0.2) is 4.98 Å². The summed E-state index contributed by atoms with van der Waals surface area (Å²) >= 11 is 3.37. The fourth-order valence-corrected chi connectivity index (χ4v) is 3.40. The van der Waals surface area contributed by atoms with E-state index in [9.17, 15) is 9.59 Å². The van der Waals surface area contributed by atoms with E-state index in [4.69, 9.17) is 5.73 Å². The summed E-state index contributed by atoms with van der Waals surface area (Å²) in [5.41, 5.74) is 9.16. The quantitative estimate of drug-likeness (QED) is 0.594. The maximum absolute atomic E-state index is 12.8. The first-order valence-corrected chi connectivity index (χ1v) is 9.78. The van der Waals surface area contributed by atoms with Crippen LogP contribution < -0.4 is 11.1 Å². The summed E-state index contributed by atoms with van der Waals surface area (Å²) in [6, 6.07) is 12.8. The first kappa shape index (κ1) is 18.4. The maximum Gasteiger partial charge on any atom is 0.251 e.